The van der Waals surface area contributed by atoms with Crippen molar-refractivity contribution in [2.75, 3.05) is 51.7 Å². The van der Waals surface area contributed by atoms with Crippen LogP contribution in [0.25, 0.3) is 0 Å². The molecule has 0 spiro atoms. The number of nitrogens with one attached hydrogen (secondary N) is 1. The summed E-state index contributed by atoms with van der Waals surface area (Å²) >= 11 is 3.68. The number of halogens is 1. The molecule has 0 atom stereocenters. The minimum absolute atomic E-state index is 1.11. The van der Waals surface area contributed by atoms with Crippen LogP contribution in [-0.2, 0) is 6.42 Å². The highest BCUT2D eigenvalue weighted by atomic mass is 79.9. The molecule has 0 aromatic heterocycles. The van der Waals surface area contributed by atoms with Crippen LogP contribution in [0.2, 0.25) is 0 Å². The topological polar surface area (TPSA) is 18.5 Å². The fourth-order valence-corrected chi connectivity index (χ4v) is 2.97. The van der Waals surface area contributed by atoms with Crippen molar-refractivity contribution in [1.82, 2.24) is 10.2 Å². The SMILES string of the molecule is CN(C)c1cccc(Br)c1CCN1CCNCC1. The molecule has 0 saturated carbocycles. The van der Waals surface area contributed by atoms with Crippen molar-refractivity contribution in [2.45, 2.75) is 6.42 Å². The Morgan fingerprint density at radius 3 is 2.67 bits per heavy atom. The summed E-state index contributed by atoms with van der Waals surface area (Å²) in [4.78, 5) is 4.73. The molecule has 1 heterocycles. The van der Waals surface area contributed by atoms with Gasteiger partial charge in [-0.25, -0.2) is 0 Å². The molecular weight excluding hydrogens is 290 g/mol. The molecular formula is C14H22BrN3. The molecule has 0 unspecified atom stereocenters. The molecule has 2 rings (SSSR count). The number of hydrogen-bond donors (Lipinski definition) is 1. The van der Waals surface area contributed by atoms with E-state index in [0.29, 0.717) is 0 Å². The second-order valence-electron chi connectivity index (χ2n) is 4.97. The summed E-state index contributed by atoms with van der Waals surface area (Å²) in [7, 11) is 4.21. The summed E-state index contributed by atoms with van der Waals surface area (Å²) in [5.74, 6) is 0. The van der Waals surface area contributed by atoms with Crippen molar-refractivity contribution in [3.05, 3.63) is 28.2 Å². The Bertz CT molecular complexity index is 387. The Morgan fingerprint density at radius 2 is 2.00 bits per heavy atom. The molecule has 1 aliphatic heterocycles. The van der Waals surface area contributed by atoms with Gasteiger partial charge in [-0.15, -0.1) is 0 Å². The van der Waals surface area contributed by atoms with Crippen LogP contribution >= 0.6 is 15.9 Å². The van der Waals surface area contributed by atoms with Crippen molar-refractivity contribution >= 4 is 21.6 Å². The number of anilines is 1. The first-order valence-corrected chi connectivity index (χ1v) is 7.35. The van der Waals surface area contributed by atoms with Crippen LogP contribution < -0.4 is 10.2 Å². The fraction of sp³-hybridized carbons (Fsp3) is 0.571. The van der Waals surface area contributed by atoms with Gasteiger partial charge in [-0.1, -0.05) is 22.0 Å². The van der Waals surface area contributed by atoms with Gasteiger partial charge in [0.1, 0.15) is 0 Å². The first-order valence-electron chi connectivity index (χ1n) is 6.56. The maximum Gasteiger partial charge on any atom is 0.0405 e. The third kappa shape index (κ3) is 3.46. The highest BCUT2D eigenvalue weighted by Crippen LogP contribution is 2.27. The average Bonchev–Trinajstić information content (AvgIpc) is 2.38. The monoisotopic (exact) mass is 311 g/mol. The molecule has 1 aromatic rings. The van der Waals surface area contributed by atoms with E-state index in [1.54, 1.807) is 0 Å². The highest BCUT2D eigenvalue weighted by Gasteiger charge is 2.12. The van der Waals surface area contributed by atoms with Crippen molar-refractivity contribution in [3.8, 4) is 0 Å². The zero-order chi connectivity index (χ0) is 13.0. The maximum absolute atomic E-state index is 3.68. The fourth-order valence-electron chi connectivity index (χ4n) is 2.42. The largest absolute Gasteiger partial charge is 0.377 e. The van der Waals surface area contributed by atoms with Gasteiger partial charge in [-0.2, -0.15) is 0 Å². The van der Waals surface area contributed by atoms with Crippen LogP contribution in [0.4, 0.5) is 5.69 Å². The third-order valence-corrected chi connectivity index (χ3v) is 4.21. The first-order chi connectivity index (χ1) is 8.68. The number of nitrogens with zero attached hydrogens (tertiary/aromatic N) is 2. The van der Waals surface area contributed by atoms with Gasteiger partial charge in [-0.3, -0.25) is 0 Å². The maximum atomic E-state index is 3.68. The third-order valence-electron chi connectivity index (χ3n) is 3.46. The molecule has 1 aliphatic rings. The average molecular weight is 312 g/mol. The zero-order valence-electron chi connectivity index (χ0n) is 11.2. The van der Waals surface area contributed by atoms with Gasteiger partial charge in [0.2, 0.25) is 0 Å². The first kappa shape index (κ1) is 13.8. The number of hydrogen-bond acceptors (Lipinski definition) is 3. The van der Waals surface area contributed by atoms with E-state index in [1.165, 1.54) is 28.8 Å². The summed E-state index contributed by atoms with van der Waals surface area (Å²) < 4.78 is 1.23. The zero-order valence-corrected chi connectivity index (χ0v) is 12.8. The van der Waals surface area contributed by atoms with E-state index in [9.17, 15) is 0 Å². The quantitative estimate of drug-likeness (QED) is 0.917. The van der Waals surface area contributed by atoms with Crippen LogP contribution in [0.1, 0.15) is 5.56 Å². The van der Waals surface area contributed by atoms with E-state index < -0.39 is 0 Å². The predicted molar refractivity (Wildman–Crippen MR) is 81.5 cm³/mol. The van der Waals surface area contributed by atoms with E-state index in [1.807, 2.05) is 0 Å². The summed E-state index contributed by atoms with van der Waals surface area (Å²) in [6.45, 7) is 5.72. The predicted octanol–water partition coefficient (Wildman–Crippen LogP) is 1.96. The van der Waals surface area contributed by atoms with E-state index in [2.05, 4.69) is 63.3 Å². The molecule has 1 N–H and O–H groups in total. The van der Waals surface area contributed by atoms with E-state index in [4.69, 9.17) is 0 Å². The van der Waals surface area contributed by atoms with Gasteiger partial charge in [0.05, 0.1) is 0 Å². The van der Waals surface area contributed by atoms with Crippen molar-refractivity contribution in [3.63, 3.8) is 0 Å². The molecule has 1 saturated heterocycles. The van der Waals surface area contributed by atoms with Gasteiger partial charge in [0.25, 0.3) is 0 Å². The molecule has 0 bridgehead atoms. The van der Waals surface area contributed by atoms with Crippen molar-refractivity contribution < 1.29 is 0 Å². The lowest BCUT2D eigenvalue weighted by molar-refractivity contribution is 0.244. The van der Waals surface area contributed by atoms with Crippen molar-refractivity contribution in [1.29, 1.82) is 0 Å². The summed E-state index contributed by atoms with van der Waals surface area (Å²) in [5.41, 5.74) is 2.74. The molecule has 4 heteroatoms. The smallest absolute Gasteiger partial charge is 0.0405 e. The van der Waals surface area contributed by atoms with Crippen LogP contribution in [-0.4, -0.2) is 51.7 Å². The Hall–Kier alpha value is -0.580. The van der Waals surface area contributed by atoms with Crippen LogP contribution in [0.5, 0.6) is 0 Å². The molecule has 0 radical (unpaired) electrons. The van der Waals surface area contributed by atoms with Gasteiger partial charge in [0.15, 0.2) is 0 Å². The Labute approximate surface area is 118 Å². The standard InChI is InChI=1S/C14H22BrN3/c1-17(2)14-5-3-4-13(15)12(14)6-9-18-10-7-16-8-11-18/h3-5,16H,6-11H2,1-2H3. The van der Waals surface area contributed by atoms with Gasteiger partial charge in [-0.05, 0) is 24.1 Å². The number of rotatable bonds is 4. The summed E-state index contributed by atoms with van der Waals surface area (Å²) in [5, 5.41) is 3.39. The van der Waals surface area contributed by atoms with Gasteiger partial charge in [0, 0.05) is 57.0 Å². The number of benzene rings is 1. The lowest BCUT2D eigenvalue weighted by Gasteiger charge is -2.28. The number of piperazine rings is 1. The lowest BCUT2D eigenvalue weighted by Crippen LogP contribution is -2.44. The molecule has 18 heavy (non-hydrogen) atoms. The van der Waals surface area contributed by atoms with Gasteiger partial charge < -0.3 is 15.1 Å². The highest BCUT2D eigenvalue weighted by molar-refractivity contribution is 9.10. The molecule has 0 aliphatic carbocycles. The van der Waals surface area contributed by atoms with E-state index >= 15 is 0 Å². The van der Waals surface area contributed by atoms with Crippen LogP contribution in [0.3, 0.4) is 0 Å². The van der Waals surface area contributed by atoms with Gasteiger partial charge >= 0.3 is 0 Å². The van der Waals surface area contributed by atoms with E-state index in [-0.39, 0.29) is 0 Å². The normalized spacial score (nSPS) is 16.8. The Balaban J connectivity index is 2.03. The Kier molecular flexibility index (Phi) is 5.03. The van der Waals surface area contributed by atoms with Crippen molar-refractivity contribution in [2.24, 2.45) is 0 Å². The molecule has 0 amide bonds. The lowest BCUT2D eigenvalue weighted by atomic mass is 10.1. The minimum atomic E-state index is 1.11. The van der Waals surface area contributed by atoms with E-state index in [0.717, 1.165) is 26.1 Å². The molecule has 1 fully saturated rings. The Morgan fingerprint density at radius 1 is 1.28 bits per heavy atom. The van der Waals surface area contributed by atoms with Crippen LogP contribution in [0.15, 0.2) is 22.7 Å². The molecule has 100 valence electrons. The van der Waals surface area contributed by atoms with Crippen LogP contribution in [0, 0.1) is 0 Å². The minimum Gasteiger partial charge on any atom is -0.377 e. The summed E-state index contributed by atoms with van der Waals surface area (Å²) in [6.07, 6.45) is 1.11. The molecule has 3 nitrogen and oxygen atoms in total. The molecule has 1 aromatic carbocycles. The summed E-state index contributed by atoms with van der Waals surface area (Å²) in [6, 6.07) is 6.44. The second kappa shape index (κ2) is 6.55. The second-order valence-corrected chi connectivity index (χ2v) is 5.83.